The molecule has 0 saturated carbocycles. The molecule has 2 rings (SSSR count). The minimum atomic E-state index is -0.917. The quantitative estimate of drug-likeness (QED) is 0.922. The highest BCUT2D eigenvalue weighted by molar-refractivity contribution is 9.10. The first-order valence-electron chi connectivity index (χ1n) is 5.33. The summed E-state index contributed by atoms with van der Waals surface area (Å²) in [6.07, 6.45) is 1.56. The summed E-state index contributed by atoms with van der Waals surface area (Å²) in [7, 11) is 0. The number of nitrogens with zero attached hydrogens (tertiary/aromatic N) is 1. The van der Waals surface area contributed by atoms with Crippen molar-refractivity contribution in [2.24, 2.45) is 5.73 Å². The van der Waals surface area contributed by atoms with Crippen LogP contribution in [0.5, 0.6) is 0 Å². The van der Waals surface area contributed by atoms with E-state index in [1.807, 2.05) is 0 Å². The fourth-order valence-electron chi connectivity index (χ4n) is 1.68. The summed E-state index contributed by atoms with van der Waals surface area (Å²) in [5.41, 5.74) is 6.76. The lowest BCUT2D eigenvalue weighted by atomic mass is 10.0. The Bertz CT molecular complexity index is 587. The van der Waals surface area contributed by atoms with Gasteiger partial charge in [0.05, 0.1) is 11.7 Å². The van der Waals surface area contributed by atoms with E-state index in [9.17, 15) is 8.78 Å². The van der Waals surface area contributed by atoms with Gasteiger partial charge in [0.25, 0.3) is 0 Å². The van der Waals surface area contributed by atoms with Gasteiger partial charge in [-0.25, -0.2) is 8.78 Å². The maximum atomic E-state index is 13.8. The summed E-state index contributed by atoms with van der Waals surface area (Å²) in [5.74, 6) is -1.78. The number of hydrogen-bond acceptors (Lipinski definition) is 2. The molecule has 1 aromatic heterocycles. The lowest BCUT2D eigenvalue weighted by molar-refractivity contribution is 0.488. The number of rotatable bonds is 2. The Hall–Kier alpha value is -1.33. The second kappa shape index (κ2) is 5.12. The highest BCUT2D eigenvalue weighted by Gasteiger charge is 2.20. The molecule has 0 amide bonds. The van der Waals surface area contributed by atoms with Gasteiger partial charge in [-0.15, -0.1) is 0 Å². The Morgan fingerprint density at radius 2 is 1.94 bits per heavy atom. The van der Waals surface area contributed by atoms with Crippen LogP contribution in [0.2, 0.25) is 0 Å². The largest absolute Gasteiger partial charge is 0.319 e. The van der Waals surface area contributed by atoms with Crippen molar-refractivity contribution in [2.75, 3.05) is 0 Å². The molecule has 2 aromatic rings. The Morgan fingerprint density at radius 3 is 2.61 bits per heavy atom. The summed E-state index contributed by atoms with van der Waals surface area (Å²) in [5, 5.41) is 0. The first-order chi connectivity index (χ1) is 8.52. The van der Waals surface area contributed by atoms with Crippen LogP contribution in [0.25, 0.3) is 0 Å². The van der Waals surface area contributed by atoms with E-state index < -0.39 is 17.7 Å². The summed E-state index contributed by atoms with van der Waals surface area (Å²) in [4.78, 5) is 4.09. The second-order valence-corrected chi connectivity index (χ2v) is 4.80. The van der Waals surface area contributed by atoms with Gasteiger partial charge in [0, 0.05) is 16.2 Å². The number of aromatic nitrogens is 1. The van der Waals surface area contributed by atoms with Gasteiger partial charge in [0.2, 0.25) is 0 Å². The van der Waals surface area contributed by atoms with Gasteiger partial charge in [-0.1, -0.05) is 12.1 Å². The molecule has 0 aliphatic heterocycles. The monoisotopic (exact) mass is 312 g/mol. The number of halogens is 3. The molecule has 5 heteroatoms. The Morgan fingerprint density at radius 1 is 1.22 bits per heavy atom. The molecule has 0 spiro atoms. The molecule has 0 fully saturated rings. The van der Waals surface area contributed by atoms with Gasteiger partial charge in [-0.2, -0.15) is 0 Å². The third-order valence-corrected chi connectivity index (χ3v) is 3.39. The molecular weight excluding hydrogens is 302 g/mol. The molecule has 94 valence electrons. The van der Waals surface area contributed by atoms with E-state index >= 15 is 0 Å². The average Bonchev–Trinajstić information content (AvgIpc) is 2.36. The van der Waals surface area contributed by atoms with E-state index in [0.717, 1.165) is 0 Å². The molecule has 18 heavy (non-hydrogen) atoms. The maximum absolute atomic E-state index is 13.8. The first-order valence-corrected chi connectivity index (χ1v) is 6.12. The minimum Gasteiger partial charge on any atom is -0.319 e. The van der Waals surface area contributed by atoms with Gasteiger partial charge in [0.1, 0.15) is 0 Å². The molecule has 1 unspecified atom stereocenters. The lowest BCUT2D eigenvalue weighted by Gasteiger charge is -2.14. The van der Waals surface area contributed by atoms with Gasteiger partial charge < -0.3 is 5.73 Å². The van der Waals surface area contributed by atoms with Crippen molar-refractivity contribution >= 4 is 15.9 Å². The predicted molar refractivity (Wildman–Crippen MR) is 69.1 cm³/mol. The number of nitrogens with two attached hydrogens (primary N) is 1. The summed E-state index contributed by atoms with van der Waals surface area (Å²) in [6.45, 7) is 1.50. The third kappa shape index (κ3) is 2.28. The van der Waals surface area contributed by atoms with Crippen molar-refractivity contribution in [3.05, 3.63) is 63.4 Å². The van der Waals surface area contributed by atoms with Crippen LogP contribution < -0.4 is 5.73 Å². The average molecular weight is 313 g/mol. The number of aryl methyl sites for hydroxylation is 1. The molecular formula is C13H11BrF2N2. The zero-order valence-electron chi connectivity index (χ0n) is 9.62. The van der Waals surface area contributed by atoms with E-state index in [4.69, 9.17) is 5.73 Å². The van der Waals surface area contributed by atoms with Crippen LogP contribution >= 0.6 is 15.9 Å². The zero-order valence-corrected chi connectivity index (χ0v) is 11.2. The van der Waals surface area contributed by atoms with Crippen molar-refractivity contribution in [1.29, 1.82) is 0 Å². The Kier molecular flexibility index (Phi) is 3.73. The molecule has 0 aliphatic carbocycles. The molecule has 2 N–H and O–H groups in total. The van der Waals surface area contributed by atoms with Crippen LogP contribution in [0, 0.1) is 18.6 Å². The minimum absolute atomic E-state index is 0.0949. The SMILES string of the molecule is Cc1ccc(C(N)c2ncccc2Br)c(F)c1F. The molecule has 0 aliphatic rings. The van der Waals surface area contributed by atoms with Crippen molar-refractivity contribution in [1.82, 2.24) is 4.98 Å². The summed E-state index contributed by atoms with van der Waals surface area (Å²) in [6, 6.07) is 5.66. The molecule has 0 radical (unpaired) electrons. The van der Waals surface area contributed by atoms with Crippen molar-refractivity contribution in [3.8, 4) is 0 Å². The smallest absolute Gasteiger partial charge is 0.164 e. The van der Waals surface area contributed by atoms with Crippen LogP contribution in [-0.4, -0.2) is 4.98 Å². The van der Waals surface area contributed by atoms with Crippen molar-refractivity contribution in [3.63, 3.8) is 0 Å². The molecule has 0 saturated heterocycles. The number of hydrogen-bond donors (Lipinski definition) is 1. The van der Waals surface area contributed by atoms with Crippen LogP contribution in [0.15, 0.2) is 34.9 Å². The normalized spacial score (nSPS) is 12.5. The van der Waals surface area contributed by atoms with Gasteiger partial charge in [-0.3, -0.25) is 4.98 Å². The van der Waals surface area contributed by atoms with Crippen molar-refractivity contribution < 1.29 is 8.78 Å². The van der Waals surface area contributed by atoms with E-state index in [2.05, 4.69) is 20.9 Å². The fraction of sp³-hybridized carbons (Fsp3) is 0.154. The zero-order chi connectivity index (χ0) is 13.3. The summed E-state index contributed by atoms with van der Waals surface area (Å²) >= 11 is 3.29. The molecule has 1 heterocycles. The summed E-state index contributed by atoms with van der Waals surface area (Å²) < 4.78 is 28.0. The number of pyridine rings is 1. The number of benzene rings is 1. The Labute approximate surface area is 112 Å². The lowest BCUT2D eigenvalue weighted by Crippen LogP contribution is -2.16. The van der Waals surface area contributed by atoms with Gasteiger partial charge in [-0.05, 0) is 40.5 Å². The highest BCUT2D eigenvalue weighted by Crippen LogP contribution is 2.28. The van der Waals surface area contributed by atoms with Crippen LogP contribution in [0.4, 0.5) is 8.78 Å². The van der Waals surface area contributed by atoms with E-state index in [0.29, 0.717) is 10.2 Å². The standard InChI is InChI=1S/C13H11BrF2N2/c1-7-4-5-8(11(16)10(7)15)12(17)13-9(14)3-2-6-18-13/h2-6,12H,17H2,1H3. The van der Waals surface area contributed by atoms with Gasteiger partial charge >= 0.3 is 0 Å². The third-order valence-electron chi connectivity index (χ3n) is 2.72. The van der Waals surface area contributed by atoms with Crippen LogP contribution in [-0.2, 0) is 0 Å². The maximum Gasteiger partial charge on any atom is 0.164 e. The molecule has 2 nitrogen and oxygen atoms in total. The second-order valence-electron chi connectivity index (χ2n) is 3.95. The van der Waals surface area contributed by atoms with E-state index in [1.165, 1.54) is 19.1 Å². The van der Waals surface area contributed by atoms with Crippen LogP contribution in [0.3, 0.4) is 0 Å². The molecule has 1 aromatic carbocycles. The highest BCUT2D eigenvalue weighted by atomic mass is 79.9. The predicted octanol–water partition coefficient (Wildman–Crippen LogP) is 3.48. The Balaban J connectivity index is 2.50. The molecule has 0 bridgehead atoms. The first kappa shape index (κ1) is 13.1. The van der Waals surface area contributed by atoms with E-state index in [-0.39, 0.29) is 11.1 Å². The van der Waals surface area contributed by atoms with Crippen molar-refractivity contribution in [2.45, 2.75) is 13.0 Å². The topological polar surface area (TPSA) is 38.9 Å². The van der Waals surface area contributed by atoms with E-state index in [1.54, 1.807) is 18.3 Å². The van der Waals surface area contributed by atoms with Crippen LogP contribution in [0.1, 0.15) is 22.9 Å². The molecule has 1 atom stereocenters. The van der Waals surface area contributed by atoms with Gasteiger partial charge in [0.15, 0.2) is 11.6 Å². The fourth-order valence-corrected chi connectivity index (χ4v) is 2.18.